The lowest BCUT2D eigenvalue weighted by molar-refractivity contribution is -0.105. The van der Waals surface area contributed by atoms with Crippen molar-refractivity contribution in [2.75, 3.05) is 25.5 Å². The number of carbonyl (C=O) groups is 2. The number of carbonyl (C=O) groups excluding carboxylic acids is 2. The van der Waals surface area contributed by atoms with Gasteiger partial charge in [0.05, 0.1) is 0 Å². The molecule has 0 aromatic heterocycles. The van der Waals surface area contributed by atoms with Crippen LogP contribution in [-0.4, -0.2) is 43.6 Å². The highest BCUT2D eigenvalue weighted by molar-refractivity contribution is 6.09. The first-order valence-corrected chi connectivity index (χ1v) is 10.1. The van der Waals surface area contributed by atoms with Gasteiger partial charge in [-0.15, -0.1) is 0 Å². The molecule has 2 aromatic carbocycles. The molecule has 156 valence electrons. The van der Waals surface area contributed by atoms with Crippen LogP contribution in [0.4, 0.5) is 5.69 Å². The first kappa shape index (κ1) is 21.3. The molecular weight excluding hydrogens is 376 g/mol. The number of nitrogens with two attached hydrogens (primary N) is 1. The number of nitrogens with one attached hydrogen (secondary N) is 1. The Morgan fingerprint density at radius 3 is 2.40 bits per heavy atom. The van der Waals surface area contributed by atoms with E-state index in [1.807, 2.05) is 24.0 Å². The number of benzene rings is 2. The van der Waals surface area contributed by atoms with Crippen LogP contribution < -0.4 is 11.1 Å². The van der Waals surface area contributed by atoms with Gasteiger partial charge in [0.15, 0.2) is 0 Å². The number of nitrogens with zero attached hydrogens (tertiary/aromatic N) is 2. The van der Waals surface area contributed by atoms with E-state index < -0.39 is 0 Å². The molecular formula is C24H28N4O2. The molecule has 1 fully saturated rings. The maximum Gasteiger partial charge on any atom is 0.253 e. The second-order valence-electron chi connectivity index (χ2n) is 7.49. The summed E-state index contributed by atoms with van der Waals surface area (Å²) in [5.41, 5.74) is 11.1. The number of anilines is 1. The molecule has 30 heavy (non-hydrogen) atoms. The molecule has 3 rings (SSSR count). The first-order chi connectivity index (χ1) is 14.6. The number of piperidine rings is 1. The van der Waals surface area contributed by atoms with Crippen LogP contribution in [-0.2, 0) is 4.79 Å². The van der Waals surface area contributed by atoms with Crippen molar-refractivity contribution in [2.45, 2.75) is 25.7 Å². The molecule has 0 radical (unpaired) electrons. The van der Waals surface area contributed by atoms with Gasteiger partial charge in [0.25, 0.3) is 5.91 Å². The van der Waals surface area contributed by atoms with Gasteiger partial charge in [-0.1, -0.05) is 30.3 Å². The topological polar surface area (TPSA) is 87.8 Å². The number of amides is 2. The molecule has 2 amide bonds. The number of hydrogen-bond donors (Lipinski definition) is 2. The van der Waals surface area contributed by atoms with E-state index in [4.69, 9.17) is 5.73 Å². The van der Waals surface area contributed by atoms with E-state index in [1.54, 1.807) is 25.5 Å². The van der Waals surface area contributed by atoms with Crippen LogP contribution in [0, 0.1) is 6.92 Å². The standard InChI is InChI=1S/C24H28N4O2/c1-17-3-4-21(13-23(17)27-16-29)24(30)28-11-9-20(10-12-28)18-5-7-19(8-6-18)22(14-25)15-26-2/h3-8,13-16,20H,9-12,25H2,1-2H3,(H,27,29). The lowest BCUT2D eigenvalue weighted by atomic mass is 9.88. The minimum atomic E-state index is 0.00863. The number of hydrogen-bond acceptors (Lipinski definition) is 4. The largest absolute Gasteiger partial charge is 0.404 e. The van der Waals surface area contributed by atoms with Crippen molar-refractivity contribution in [3.05, 3.63) is 70.9 Å². The molecule has 1 heterocycles. The number of aliphatic imine (C=N–C) groups is 1. The van der Waals surface area contributed by atoms with Crippen molar-refractivity contribution in [2.24, 2.45) is 10.7 Å². The maximum atomic E-state index is 12.9. The Balaban J connectivity index is 1.64. The molecule has 3 N–H and O–H groups in total. The van der Waals surface area contributed by atoms with Crippen molar-refractivity contribution in [3.8, 4) is 0 Å². The summed E-state index contributed by atoms with van der Waals surface area (Å²) in [5, 5.41) is 2.66. The van der Waals surface area contributed by atoms with Gasteiger partial charge in [-0.05, 0) is 54.5 Å². The lowest BCUT2D eigenvalue weighted by Crippen LogP contribution is -2.38. The lowest BCUT2D eigenvalue weighted by Gasteiger charge is -2.32. The highest BCUT2D eigenvalue weighted by Crippen LogP contribution is 2.30. The van der Waals surface area contributed by atoms with Crippen LogP contribution in [0.5, 0.6) is 0 Å². The van der Waals surface area contributed by atoms with Crippen LogP contribution in [0.1, 0.15) is 45.8 Å². The van der Waals surface area contributed by atoms with Gasteiger partial charge in [0, 0.05) is 49.4 Å². The van der Waals surface area contributed by atoms with Crippen molar-refractivity contribution in [1.82, 2.24) is 4.90 Å². The molecule has 2 aromatic rings. The summed E-state index contributed by atoms with van der Waals surface area (Å²) in [7, 11) is 1.73. The Bertz CT molecular complexity index is 956. The van der Waals surface area contributed by atoms with Crippen molar-refractivity contribution >= 4 is 29.8 Å². The zero-order valence-electron chi connectivity index (χ0n) is 17.5. The molecule has 0 atom stereocenters. The van der Waals surface area contributed by atoms with Gasteiger partial charge in [-0.2, -0.15) is 0 Å². The summed E-state index contributed by atoms with van der Waals surface area (Å²) in [4.78, 5) is 29.6. The summed E-state index contributed by atoms with van der Waals surface area (Å²) < 4.78 is 0. The van der Waals surface area contributed by atoms with Crippen LogP contribution in [0.2, 0.25) is 0 Å². The number of aryl methyl sites for hydroxylation is 1. The van der Waals surface area contributed by atoms with Gasteiger partial charge in [-0.3, -0.25) is 14.6 Å². The normalized spacial score (nSPS) is 15.4. The molecule has 1 saturated heterocycles. The second-order valence-corrected chi connectivity index (χ2v) is 7.49. The highest BCUT2D eigenvalue weighted by atomic mass is 16.2. The summed E-state index contributed by atoms with van der Waals surface area (Å²) in [6, 6.07) is 13.9. The van der Waals surface area contributed by atoms with E-state index in [9.17, 15) is 9.59 Å². The average Bonchev–Trinajstić information content (AvgIpc) is 2.79. The quantitative estimate of drug-likeness (QED) is 0.570. The fourth-order valence-corrected chi connectivity index (χ4v) is 3.87. The van der Waals surface area contributed by atoms with Crippen molar-refractivity contribution < 1.29 is 9.59 Å². The Morgan fingerprint density at radius 1 is 1.13 bits per heavy atom. The van der Waals surface area contributed by atoms with Gasteiger partial charge in [-0.25, -0.2) is 0 Å². The minimum Gasteiger partial charge on any atom is -0.404 e. The Labute approximate surface area is 177 Å². The van der Waals surface area contributed by atoms with Gasteiger partial charge >= 0.3 is 0 Å². The smallest absolute Gasteiger partial charge is 0.253 e. The molecule has 0 unspecified atom stereocenters. The molecule has 6 heteroatoms. The molecule has 1 aliphatic heterocycles. The summed E-state index contributed by atoms with van der Waals surface area (Å²) >= 11 is 0. The van der Waals surface area contributed by atoms with Crippen molar-refractivity contribution in [1.29, 1.82) is 0 Å². The average molecular weight is 405 g/mol. The van der Waals surface area contributed by atoms with E-state index in [1.165, 1.54) is 5.56 Å². The van der Waals surface area contributed by atoms with Gasteiger partial charge in [0.1, 0.15) is 0 Å². The van der Waals surface area contributed by atoms with Crippen LogP contribution >= 0.6 is 0 Å². The second kappa shape index (κ2) is 9.87. The molecule has 0 spiro atoms. The maximum absolute atomic E-state index is 12.9. The van der Waals surface area contributed by atoms with Gasteiger partial charge in [0.2, 0.25) is 6.41 Å². The predicted molar refractivity (Wildman–Crippen MR) is 122 cm³/mol. The van der Waals surface area contributed by atoms with Crippen LogP contribution in [0.3, 0.4) is 0 Å². The summed E-state index contributed by atoms with van der Waals surface area (Å²) in [6.07, 6.45) is 5.79. The molecule has 1 aliphatic rings. The van der Waals surface area contributed by atoms with E-state index in [-0.39, 0.29) is 5.91 Å². The molecule has 0 aliphatic carbocycles. The predicted octanol–water partition coefficient (Wildman–Crippen LogP) is 3.58. The van der Waals surface area contributed by atoms with E-state index in [0.29, 0.717) is 36.7 Å². The fraction of sp³-hybridized carbons (Fsp3) is 0.292. The first-order valence-electron chi connectivity index (χ1n) is 10.1. The van der Waals surface area contributed by atoms with Crippen molar-refractivity contribution in [3.63, 3.8) is 0 Å². The van der Waals surface area contributed by atoms with Crippen LogP contribution in [0.25, 0.3) is 5.57 Å². The Kier molecular flexibility index (Phi) is 7.01. The Morgan fingerprint density at radius 2 is 1.80 bits per heavy atom. The third-order valence-corrected chi connectivity index (χ3v) is 5.64. The number of rotatable bonds is 6. The SMILES string of the molecule is CN=CC(=CN)c1ccc(C2CCN(C(=O)c3ccc(C)c(NC=O)c3)CC2)cc1. The number of likely N-dealkylation sites (tertiary alicyclic amines) is 1. The summed E-state index contributed by atoms with van der Waals surface area (Å²) in [6.45, 7) is 3.33. The summed E-state index contributed by atoms with van der Waals surface area (Å²) in [5.74, 6) is 0.438. The monoisotopic (exact) mass is 404 g/mol. The Hall–Kier alpha value is -3.41. The van der Waals surface area contributed by atoms with E-state index in [2.05, 4.69) is 34.6 Å². The van der Waals surface area contributed by atoms with Gasteiger partial charge < -0.3 is 16.0 Å². The third-order valence-electron chi connectivity index (χ3n) is 5.64. The highest BCUT2D eigenvalue weighted by Gasteiger charge is 2.25. The third kappa shape index (κ3) is 4.76. The van der Waals surface area contributed by atoms with E-state index >= 15 is 0 Å². The van der Waals surface area contributed by atoms with Crippen LogP contribution in [0.15, 0.2) is 53.7 Å². The zero-order chi connectivity index (χ0) is 21.5. The van der Waals surface area contributed by atoms with E-state index in [0.717, 1.165) is 29.5 Å². The zero-order valence-corrected chi connectivity index (χ0v) is 17.5. The fourth-order valence-electron chi connectivity index (χ4n) is 3.87. The molecule has 6 nitrogen and oxygen atoms in total. The minimum absolute atomic E-state index is 0.00863. The molecule has 0 bridgehead atoms. The molecule has 0 saturated carbocycles. The number of allylic oxidation sites excluding steroid dienone is 1.